The summed E-state index contributed by atoms with van der Waals surface area (Å²) in [6.07, 6.45) is 15.7. The zero-order chi connectivity index (χ0) is 19.4. The number of hydrogen-bond donors (Lipinski definition) is 0. The molecule has 5 aliphatic rings. The summed E-state index contributed by atoms with van der Waals surface area (Å²) in [5.74, 6) is 3.37. The van der Waals surface area contributed by atoms with Crippen LogP contribution in [0.5, 0.6) is 0 Å². The summed E-state index contributed by atoms with van der Waals surface area (Å²) in [4.78, 5) is 11.9. The van der Waals surface area contributed by atoms with Gasteiger partial charge in [-0.1, -0.05) is 46.4 Å². The Morgan fingerprint density at radius 3 is 2.48 bits per heavy atom. The third-order valence-electron chi connectivity index (χ3n) is 8.95. The highest BCUT2D eigenvalue weighted by Gasteiger charge is 2.65. The Labute approximate surface area is 165 Å². The lowest BCUT2D eigenvalue weighted by Gasteiger charge is -2.57. The monoisotopic (exact) mass is 368 g/mol. The fourth-order valence-electron chi connectivity index (χ4n) is 7.39. The molecule has 0 radical (unpaired) electrons. The summed E-state index contributed by atoms with van der Waals surface area (Å²) in [5.41, 5.74) is 1.82. The van der Waals surface area contributed by atoms with Crippen LogP contribution in [0.1, 0.15) is 79.1 Å². The Morgan fingerprint density at radius 2 is 1.78 bits per heavy atom. The molecule has 148 valence electrons. The molecule has 2 nitrogen and oxygen atoms in total. The average molecular weight is 369 g/mol. The molecule has 3 fully saturated rings. The van der Waals surface area contributed by atoms with Gasteiger partial charge in [0.25, 0.3) is 0 Å². The van der Waals surface area contributed by atoms with Crippen LogP contribution in [0.3, 0.4) is 0 Å². The molecule has 0 aromatic rings. The minimum atomic E-state index is 0.0487. The van der Waals surface area contributed by atoms with E-state index in [2.05, 4.69) is 32.6 Å². The van der Waals surface area contributed by atoms with Crippen LogP contribution in [-0.2, 0) is 9.53 Å². The minimum Gasteiger partial charge on any atom is -0.492 e. The molecule has 6 atom stereocenters. The lowest BCUT2D eigenvalue weighted by atomic mass is 9.48. The zero-order valence-electron chi connectivity index (χ0n) is 17.6. The van der Waals surface area contributed by atoms with E-state index < -0.39 is 0 Å². The van der Waals surface area contributed by atoms with E-state index in [0.29, 0.717) is 23.5 Å². The van der Waals surface area contributed by atoms with Gasteiger partial charge in [0.1, 0.15) is 5.60 Å². The van der Waals surface area contributed by atoms with Crippen LogP contribution in [0.15, 0.2) is 36.1 Å². The van der Waals surface area contributed by atoms with Crippen LogP contribution in [0.4, 0.5) is 0 Å². The van der Waals surface area contributed by atoms with Gasteiger partial charge in [-0.05, 0) is 73.3 Å². The van der Waals surface area contributed by atoms with Gasteiger partial charge < -0.3 is 4.74 Å². The summed E-state index contributed by atoms with van der Waals surface area (Å²) in [5, 5.41) is 0. The molecule has 2 heteroatoms. The highest BCUT2D eigenvalue weighted by molar-refractivity contribution is 5.92. The summed E-state index contributed by atoms with van der Waals surface area (Å²) in [6.45, 7) is 13.0. The molecule has 1 heterocycles. The first kappa shape index (κ1) is 19.0. The van der Waals surface area contributed by atoms with Crippen molar-refractivity contribution in [2.24, 2.45) is 28.6 Å². The number of fused-ring (bicyclic) bond motifs is 6. The van der Waals surface area contributed by atoms with Crippen LogP contribution in [0.25, 0.3) is 0 Å². The topological polar surface area (TPSA) is 26.3 Å². The van der Waals surface area contributed by atoms with E-state index >= 15 is 0 Å². The van der Waals surface area contributed by atoms with E-state index in [9.17, 15) is 4.79 Å². The maximum Gasteiger partial charge on any atom is 0.156 e. The Bertz CT molecular complexity index is 716. The predicted molar refractivity (Wildman–Crippen MR) is 110 cm³/mol. The molecule has 27 heavy (non-hydrogen) atoms. The molecule has 0 aromatic carbocycles. The molecule has 0 aromatic heterocycles. The molecular weight excluding hydrogens is 332 g/mol. The molecule has 0 bridgehead atoms. The molecule has 4 aliphatic carbocycles. The fourth-order valence-corrected chi connectivity index (χ4v) is 7.39. The second kappa shape index (κ2) is 6.36. The van der Waals surface area contributed by atoms with Crippen LogP contribution >= 0.6 is 0 Å². The molecule has 1 aliphatic heterocycles. The molecule has 5 unspecified atom stereocenters. The number of ether oxygens (including phenoxy) is 1. The van der Waals surface area contributed by atoms with Crippen molar-refractivity contribution in [1.29, 1.82) is 0 Å². The van der Waals surface area contributed by atoms with Crippen LogP contribution in [0, 0.1) is 28.6 Å². The van der Waals surface area contributed by atoms with E-state index in [1.54, 1.807) is 0 Å². The first-order chi connectivity index (χ1) is 12.9. The number of carbonyl (C=O) groups is 1. The number of hydrogen-bond acceptors (Lipinski definition) is 2. The minimum absolute atomic E-state index is 0.0487. The van der Waals surface area contributed by atoms with Crippen LogP contribution in [-0.4, -0.2) is 11.4 Å². The van der Waals surface area contributed by atoms with Crippen molar-refractivity contribution < 1.29 is 9.53 Å². The normalized spacial score (nSPS) is 47.4. The third-order valence-corrected chi connectivity index (χ3v) is 8.95. The Morgan fingerprint density at radius 1 is 1.04 bits per heavy atom. The van der Waals surface area contributed by atoms with Crippen LogP contribution in [0.2, 0.25) is 0 Å². The standard InChI is InChI=1S/C23H30O2.C2H6/c1-15-6-12-23(25-15)13-9-20-18-5-4-16-14-17(24)7-10-21(16,2)19(18)8-11-22(20,23)3;1-2/h4-5,14,18-20H,1,6-13H2,2-3H3;1-2H3/t18?,19?,20?,21?,22?,23-;/m0./s1. The van der Waals surface area contributed by atoms with Gasteiger partial charge in [0.05, 0.1) is 5.76 Å². The molecule has 2 saturated carbocycles. The highest BCUT2D eigenvalue weighted by atomic mass is 16.5. The lowest BCUT2D eigenvalue weighted by molar-refractivity contribution is -0.119. The maximum atomic E-state index is 11.9. The molecule has 0 N–H and O–H groups in total. The number of carbonyl (C=O) groups excluding carboxylic acids is 1. The Hall–Kier alpha value is -1.31. The second-order valence-electron chi connectivity index (χ2n) is 9.76. The molecule has 5 rings (SSSR count). The second-order valence-corrected chi connectivity index (χ2v) is 9.76. The quantitative estimate of drug-likeness (QED) is 0.495. The van der Waals surface area contributed by atoms with Gasteiger partial charge in [0, 0.05) is 18.3 Å². The zero-order valence-corrected chi connectivity index (χ0v) is 17.6. The van der Waals surface area contributed by atoms with Gasteiger partial charge in [-0.15, -0.1) is 0 Å². The maximum absolute atomic E-state index is 11.9. The van der Waals surface area contributed by atoms with Crippen molar-refractivity contribution in [3.8, 4) is 0 Å². The molecule has 1 saturated heterocycles. The van der Waals surface area contributed by atoms with Gasteiger partial charge in [-0.25, -0.2) is 0 Å². The van der Waals surface area contributed by atoms with E-state index in [1.807, 2.05) is 19.9 Å². The van der Waals surface area contributed by atoms with E-state index in [1.165, 1.54) is 31.3 Å². The van der Waals surface area contributed by atoms with Gasteiger partial charge in [0.15, 0.2) is 5.78 Å². The number of rotatable bonds is 0. The smallest absolute Gasteiger partial charge is 0.156 e. The molecule has 1 spiro atoms. The first-order valence-electron chi connectivity index (χ1n) is 11.2. The summed E-state index contributed by atoms with van der Waals surface area (Å²) >= 11 is 0. The van der Waals surface area contributed by atoms with Crippen molar-refractivity contribution >= 4 is 5.78 Å². The summed E-state index contributed by atoms with van der Waals surface area (Å²) in [6, 6.07) is 0. The molecular formula is C25H36O2. The van der Waals surface area contributed by atoms with Crippen molar-refractivity contribution in [2.45, 2.75) is 84.7 Å². The lowest BCUT2D eigenvalue weighted by Crippen LogP contribution is -2.53. The highest BCUT2D eigenvalue weighted by Crippen LogP contribution is 2.69. The summed E-state index contributed by atoms with van der Waals surface area (Å²) in [7, 11) is 0. The third kappa shape index (κ3) is 2.47. The van der Waals surface area contributed by atoms with Crippen molar-refractivity contribution in [2.75, 3.05) is 0 Å². The van der Waals surface area contributed by atoms with Gasteiger partial charge >= 0.3 is 0 Å². The largest absolute Gasteiger partial charge is 0.492 e. The summed E-state index contributed by atoms with van der Waals surface area (Å²) < 4.78 is 6.43. The Kier molecular flexibility index (Phi) is 4.48. The Balaban J connectivity index is 0.000000872. The van der Waals surface area contributed by atoms with E-state index in [0.717, 1.165) is 31.4 Å². The van der Waals surface area contributed by atoms with Gasteiger partial charge in [0.2, 0.25) is 0 Å². The fraction of sp³-hybridized carbons (Fsp3) is 0.720. The van der Waals surface area contributed by atoms with E-state index in [4.69, 9.17) is 4.74 Å². The number of ketones is 1. The molecule has 0 amide bonds. The van der Waals surface area contributed by atoms with Crippen LogP contribution < -0.4 is 0 Å². The SMILES string of the molecule is C=C1CC[C@@]2(CCC3C4C=CC5=CC(=O)CCC5(C)C4CCC32C)O1.CC. The van der Waals surface area contributed by atoms with Crippen molar-refractivity contribution in [3.05, 3.63) is 36.1 Å². The predicted octanol–water partition coefficient (Wildman–Crippen LogP) is 6.38. The van der Waals surface area contributed by atoms with E-state index in [-0.39, 0.29) is 16.4 Å². The van der Waals surface area contributed by atoms with Gasteiger partial charge in [-0.2, -0.15) is 0 Å². The van der Waals surface area contributed by atoms with Gasteiger partial charge in [-0.3, -0.25) is 4.79 Å². The van der Waals surface area contributed by atoms with Crippen molar-refractivity contribution in [1.82, 2.24) is 0 Å². The average Bonchev–Trinajstić information content (AvgIpc) is 3.18. The van der Waals surface area contributed by atoms with Crippen molar-refractivity contribution in [3.63, 3.8) is 0 Å². The first-order valence-corrected chi connectivity index (χ1v) is 11.2. The number of allylic oxidation sites excluding steroid dienone is 5.